The van der Waals surface area contributed by atoms with Crippen molar-refractivity contribution in [3.05, 3.63) is 28.5 Å². The largest absolute Gasteiger partial charge is 0.194 e. The smallest absolute Gasteiger partial charge is 0.194 e. The van der Waals surface area contributed by atoms with Crippen LogP contribution in [0.15, 0.2) is 22.9 Å². The number of unbranched alkanes of at least 4 members (excludes halogenated alkanes) is 7. The molecule has 21 heavy (non-hydrogen) atoms. The number of halogens is 1. The molecule has 0 amide bonds. The predicted molar refractivity (Wildman–Crippen MR) is 98.8 cm³/mol. The van der Waals surface area contributed by atoms with E-state index < -0.39 is 0 Å². The average molecular weight is 373 g/mol. The first kappa shape index (κ1) is 19.0. The normalized spacial score (nSPS) is 11.0. The monoisotopic (exact) mass is 372 g/mol. The molecule has 3 heteroatoms. The van der Waals surface area contributed by atoms with Gasteiger partial charge in [0.15, 0.2) is 18.3 Å². The van der Waals surface area contributed by atoms with E-state index in [1.165, 1.54) is 67.2 Å². The van der Waals surface area contributed by atoms with Crippen LogP contribution in [0.3, 0.4) is 0 Å². The summed E-state index contributed by atoms with van der Waals surface area (Å²) in [5, 5.41) is 0. The summed E-state index contributed by atoms with van der Waals surface area (Å²) in [6.45, 7) is 4.48. The first-order valence-electron chi connectivity index (χ1n) is 8.53. The van der Waals surface area contributed by atoms with Crippen LogP contribution < -0.4 is 4.57 Å². The van der Waals surface area contributed by atoms with Crippen molar-refractivity contribution < 1.29 is 4.57 Å². The van der Waals surface area contributed by atoms with Gasteiger partial charge in [-0.1, -0.05) is 70.6 Å². The van der Waals surface area contributed by atoms with E-state index in [4.69, 9.17) is 0 Å². The number of hydrogen-bond donors (Lipinski definition) is 0. The summed E-state index contributed by atoms with van der Waals surface area (Å²) in [6, 6.07) is 2.22. The third-order valence-corrected chi connectivity index (χ3v) is 5.59. The zero-order valence-corrected chi connectivity index (χ0v) is 16.1. The lowest BCUT2D eigenvalue weighted by Crippen LogP contribution is -2.31. The van der Waals surface area contributed by atoms with Crippen LogP contribution in [0, 0.1) is 0 Å². The van der Waals surface area contributed by atoms with Crippen molar-refractivity contribution in [2.45, 2.75) is 77.5 Å². The highest BCUT2D eigenvalue weighted by Crippen LogP contribution is 2.15. The van der Waals surface area contributed by atoms with Crippen LogP contribution in [0.25, 0.3) is 0 Å². The average Bonchev–Trinajstić information content (AvgIpc) is 2.49. The van der Waals surface area contributed by atoms with Crippen molar-refractivity contribution in [3.63, 3.8) is 0 Å². The second-order valence-corrected chi connectivity index (χ2v) is 7.63. The molecule has 120 valence electrons. The Morgan fingerprint density at radius 3 is 2.29 bits per heavy atom. The molecule has 0 saturated heterocycles. The summed E-state index contributed by atoms with van der Waals surface area (Å²) < 4.78 is 3.51. The van der Waals surface area contributed by atoms with Crippen molar-refractivity contribution in [1.29, 1.82) is 0 Å². The van der Waals surface area contributed by atoms with Gasteiger partial charge in [-0.3, -0.25) is 0 Å². The lowest BCUT2D eigenvalue weighted by atomic mass is 10.1. The molecule has 0 aromatic carbocycles. The molecule has 0 aliphatic carbocycles. The highest BCUT2D eigenvalue weighted by atomic mass is 79.9. The van der Waals surface area contributed by atoms with Crippen LogP contribution in [-0.2, 0) is 12.3 Å². The molecule has 0 saturated carbocycles. The minimum Gasteiger partial charge on any atom is -0.194 e. The van der Waals surface area contributed by atoms with Gasteiger partial charge in [0.1, 0.15) is 0 Å². The Hall–Kier alpha value is -0.0200. The Kier molecular flexibility index (Phi) is 11.3. The maximum atomic E-state index is 3.65. The maximum Gasteiger partial charge on any atom is 0.194 e. The Balaban J connectivity index is 2.00. The number of rotatable bonds is 12. The number of aromatic nitrogens is 1. The third-order valence-electron chi connectivity index (χ3n) is 3.82. The van der Waals surface area contributed by atoms with Crippen LogP contribution in [0.1, 0.15) is 70.8 Å². The van der Waals surface area contributed by atoms with Crippen molar-refractivity contribution in [3.8, 4) is 0 Å². The van der Waals surface area contributed by atoms with Gasteiger partial charge in [-0.2, -0.15) is 4.57 Å². The highest BCUT2D eigenvalue weighted by Gasteiger charge is 2.05. The summed E-state index contributed by atoms with van der Waals surface area (Å²) in [5.74, 6) is 2.36. The Labute approximate surface area is 144 Å². The molecule has 0 bridgehead atoms. The second kappa shape index (κ2) is 12.5. The Morgan fingerprint density at radius 2 is 1.67 bits per heavy atom. The fourth-order valence-electron chi connectivity index (χ4n) is 2.41. The van der Waals surface area contributed by atoms with Gasteiger partial charge in [-0.15, -0.1) is 0 Å². The van der Waals surface area contributed by atoms with E-state index >= 15 is 0 Å². The zero-order chi connectivity index (χ0) is 15.3. The van der Waals surface area contributed by atoms with E-state index in [1.807, 2.05) is 11.8 Å². The van der Waals surface area contributed by atoms with Crippen molar-refractivity contribution in [1.82, 2.24) is 0 Å². The van der Waals surface area contributed by atoms with E-state index in [1.54, 1.807) is 0 Å². The fraction of sp³-hybridized carbons (Fsp3) is 0.722. The van der Waals surface area contributed by atoms with Gasteiger partial charge in [0, 0.05) is 6.07 Å². The molecule has 1 aromatic rings. The third kappa shape index (κ3) is 8.87. The number of hydrogen-bond acceptors (Lipinski definition) is 1. The van der Waals surface area contributed by atoms with E-state index in [0.717, 1.165) is 12.3 Å². The van der Waals surface area contributed by atoms with Crippen molar-refractivity contribution in [2.24, 2.45) is 0 Å². The van der Waals surface area contributed by atoms with E-state index in [2.05, 4.69) is 52.8 Å². The van der Waals surface area contributed by atoms with Crippen LogP contribution in [-0.4, -0.2) is 5.75 Å². The topological polar surface area (TPSA) is 3.88 Å². The quantitative estimate of drug-likeness (QED) is 0.315. The lowest BCUT2D eigenvalue weighted by Gasteiger charge is -2.02. The van der Waals surface area contributed by atoms with Crippen LogP contribution in [0.5, 0.6) is 0 Å². The minimum atomic E-state index is 1.07. The van der Waals surface area contributed by atoms with E-state index in [-0.39, 0.29) is 0 Å². The van der Waals surface area contributed by atoms with Crippen LogP contribution in [0.4, 0.5) is 0 Å². The van der Waals surface area contributed by atoms with Gasteiger partial charge in [-0.25, -0.2) is 0 Å². The molecule has 0 N–H and O–H groups in total. The second-order valence-electron chi connectivity index (χ2n) is 5.70. The summed E-state index contributed by atoms with van der Waals surface area (Å²) >= 11 is 5.69. The van der Waals surface area contributed by atoms with Gasteiger partial charge in [0.2, 0.25) is 0 Å². The summed E-state index contributed by atoms with van der Waals surface area (Å²) in [6.07, 6.45) is 16.8. The Morgan fingerprint density at radius 1 is 1.00 bits per heavy atom. The molecule has 1 aromatic heterocycles. The molecule has 1 rings (SSSR count). The minimum absolute atomic E-state index is 1.07. The number of thioether (sulfide) groups is 1. The lowest BCUT2D eigenvalue weighted by molar-refractivity contribution is -0.676. The number of aryl methyl sites for hydroxylation is 1. The van der Waals surface area contributed by atoms with Gasteiger partial charge in [0.25, 0.3) is 0 Å². The predicted octanol–water partition coefficient (Wildman–Crippen LogP) is 6.13. The molecule has 0 radical (unpaired) electrons. The van der Waals surface area contributed by atoms with E-state index in [9.17, 15) is 0 Å². The van der Waals surface area contributed by atoms with Gasteiger partial charge in [0.05, 0.1) is 4.47 Å². The summed E-state index contributed by atoms with van der Waals surface area (Å²) in [4.78, 5) is 0. The van der Waals surface area contributed by atoms with E-state index in [0.29, 0.717) is 0 Å². The zero-order valence-electron chi connectivity index (χ0n) is 13.7. The number of pyridine rings is 1. The van der Waals surface area contributed by atoms with Crippen molar-refractivity contribution >= 4 is 27.7 Å². The summed E-state index contributed by atoms with van der Waals surface area (Å²) in [7, 11) is 0. The molecule has 0 unspecified atom stereocenters. The molecule has 0 atom stereocenters. The summed E-state index contributed by atoms with van der Waals surface area (Å²) in [5.41, 5.74) is 1.39. The molecule has 0 spiro atoms. The maximum absolute atomic E-state index is 3.65. The Bertz CT molecular complexity index is 381. The van der Waals surface area contributed by atoms with Gasteiger partial charge in [-0.05, 0) is 40.1 Å². The molecule has 1 heterocycles. The standard InChI is InChI=1S/C18H31BrNS/c1-3-5-6-7-8-9-10-11-14-21-16-20-13-12-17(4-2)18(19)15-20/h12-13,15H,3-11,14,16H2,1-2H3/q+1. The fourth-order valence-corrected chi connectivity index (χ4v) is 4.00. The van der Waals surface area contributed by atoms with Crippen molar-refractivity contribution in [2.75, 3.05) is 5.75 Å². The molecule has 0 fully saturated rings. The molecule has 1 nitrogen and oxygen atoms in total. The van der Waals surface area contributed by atoms with Crippen LogP contribution >= 0.6 is 27.7 Å². The molecule has 0 aliphatic rings. The van der Waals surface area contributed by atoms with Gasteiger partial charge >= 0.3 is 0 Å². The van der Waals surface area contributed by atoms with Gasteiger partial charge < -0.3 is 0 Å². The first-order chi connectivity index (χ1) is 10.3. The molecular formula is C18H31BrNS+. The highest BCUT2D eigenvalue weighted by molar-refractivity contribution is 9.10. The molecular weight excluding hydrogens is 342 g/mol. The molecule has 0 aliphatic heterocycles. The SMILES string of the molecule is CCCCCCCCCCSC[n+]1ccc(CC)c(Br)c1. The number of nitrogens with zero attached hydrogens (tertiary/aromatic N) is 1. The first-order valence-corrected chi connectivity index (χ1v) is 10.5. The van der Waals surface area contributed by atoms with Crippen LogP contribution in [0.2, 0.25) is 0 Å².